The molecule has 0 aliphatic heterocycles. The van der Waals surface area contributed by atoms with Gasteiger partial charge in [-0.3, -0.25) is 4.79 Å². The van der Waals surface area contributed by atoms with Crippen LogP contribution in [0.25, 0.3) is 0 Å². The Morgan fingerprint density at radius 3 is 2.71 bits per heavy atom. The molecule has 1 aromatic carbocycles. The summed E-state index contributed by atoms with van der Waals surface area (Å²) in [5.74, 6) is -0.341. The van der Waals surface area contributed by atoms with Crippen molar-refractivity contribution >= 4 is 5.78 Å². The van der Waals surface area contributed by atoms with Gasteiger partial charge in [-0.15, -0.1) is 0 Å². The smallest absolute Gasteiger partial charge is 0.163 e. The SMILES string of the molecule is C=C(COC)COc1ccc(F)cc1C(C)=O. The number of Topliss-reactive ketones (excluding diaryl/α,β-unsaturated/α-hetero) is 1. The highest BCUT2D eigenvalue weighted by Crippen LogP contribution is 2.20. The number of carbonyl (C=O) groups excluding carboxylic acids is 1. The molecule has 0 N–H and O–H groups in total. The Morgan fingerprint density at radius 2 is 2.12 bits per heavy atom. The minimum atomic E-state index is -0.460. The van der Waals surface area contributed by atoms with Crippen LogP contribution in [0.5, 0.6) is 5.75 Å². The molecule has 0 bridgehead atoms. The van der Waals surface area contributed by atoms with Crippen LogP contribution in [0, 0.1) is 5.82 Å². The molecule has 0 unspecified atom stereocenters. The molecule has 0 saturated carbocycles. The lowest BCUT2D eigenvalue weighted by Crippen LogP contribution is -2.08. The highest BCUT2D eigenvalue weighted by atomic mass is 19.1. The molecule has 0 aromatic heterocycles. The van der Waals surface area contributed by atoms with Gasteiger partial charge < -0.3 is 9.47 Å². The van der Waals surface area contributed by atoms with Gasteiger partial charge in [0, 0.05) is 7.11 Å². The van der Waals surface area contributed by atoms with E-state index in [0.717, 1.165) is 11.6 Å². The third-order valence-electron chi connectivity index (χ3n) is 2.10. The van der Waals surface area contributed by atoms with E-state index in [4.69, 9.17) is 9.47 Å². The number of methoxy groups -OCH3 is 1. The van der Waals surface area contributed by atoms with Gasteiger partial charge in [-0.1, -0.05) is 6.58 Å². The molecule has 4 heteroatoms. The summed E-state index contributed by atoms with van der Waals surface area (Å²) in [7, 11) is 1.56. The molecule has 0 atom stereocenters. The van der Waals surface area contributed by atoms with Crippen LogP contribution in [0.2, 0.25) is 0 Å². The first-order valence-corrected chi connectivity index (χ1v) is 5.13. The summed E-state index contributed by atoms with van der Waals surface area (Å²) in [6.07, 6.45) is 0. The van der Waals surface area contributed by atoms with E-state index < -0.39 is 5.82 Å². The number of hydrogen-bond acceptors (Lipinski definition) is 3. The molecule has 1 aromatic rings. The molecule has 92 valence electrons. The molecule has 0 fully saturated rings. The maximum Gasteiger partial charge on any atom is 0.163 e. The highest BCUT2D eigenvalue weighted by molar-refractivity contribution is 5.96. The van der Waals surface area contributed by atoms with Crippen molar-refractivity contribution in [1.82, 2.24) is 0 Å². The molecule has 0 heterocycles. The van der Waals surface area contributed by atoms with Crippen molar-refractivity contribution in [1.29, 1.82) is 0 Å². The van der Waals surface area contributed by atoms with Crippen LogP contribution in [0.15, 0.2) is 30.4 Å². The van der Waals surface area contributed by atoms with E-state index in [1.54, 1.807) is 7.11 Å². The van der Waals surface area contributed by atoms with Gasteiger partial charge in [0.15, 0.2) is 5.78 Å². The Kier molecular flexibility index (Phi) is 4.84. The number of benzene rings is 1. The van der Waals surface area contributed by atoms with Crippen LogP contribution < -0.4 is 4.74 Å². The minimum absolute atomic E-state index is 0.232. The minimum Gasteiger partial charge on any atom is -0.488 e. The molecule has 0 spiro atoms. The number of rotatable bonds is 6. The summed E-state index contributed by atoms with van der Waals surface area (Å²) in [5.41, 5.74) is 0.974. The number of carbonyl (C=O) groups is 1. The second-order valence-corrected chi connectivity index (χ2v) is 3.67. The maximum absolute atomic E-state index is 13.0. The van der Waals surface area contributed by atoms with Crippen LogP contribution in [0.4, 0.5) is 4.39 Å². The highest BCUT2D eigenvalue weighted by Gasteiger charge is 2.10. The van der Waals surface area contributed by atoms with E-state index in [0.29, 0.717) is 12.4 Å². The Labute approximate surface area is 99.9 Å². The lowest BCUT2D eigenvalue weighted by Gasteiger charge is -2.11. The standard InChI is InChI=1S/C13H15FO3/c1-9(7-16-3)8-17-13-5-4-11(14)6-12(13)10(2)15/h4-6H,1,7-8H2,2-3H3. The fourth-order valence-electron chi connectivity index (χ4n) is 1.33. The molecular weight excluding hydrogens is 223 g/mol. The van der Waals surface area contributed by atoms with Crippen molar-refractivity contribution in [2.75, 3.05) is 20.3 Å². The van der Waals surface area contributed by atoms with Crippen LogP contribution in [0.1, 0.15) is 17.3 Å². The van der Waals surface area contributed by atoms with Crippen LogP contribution in [-0.4, -0.2) is 26.1 Å². The summed E-state index contributed by atoms with van der Waals surface area (Å²) < 4.78 is 23.3. The third-order valence-corrected chi connectivity index (χ3v) is 2.10. The van der Waals surface area contributed by atoms with E-state index in [1.165, 1.54) is 19.1 Å². The number of hydrogen-bond donors (Lipinski definition) is 0. The third kappa shape index (κ3) is 4.00. The van der Waals surface area contributed by atoms with Gasteiger partial charge >= 0.3 is 0 Å². The second-order valence-electron chi connectivity index (χ2n) is 3.67. The predicted octanol–water partition coefficient (Wildman–Crippen LogP) is 2.61. The lowest BCUT2D eigenvalue weighted by molar-refractivity contribution is 0.101. The van der Waals surface area contributed by atoms with Gasteiger partial charge in [-0.05, 0) is 30.7 Å². The van der Waals surface area contributed by atoms with Gasteiger partial charge in [0.2, 0.25) is 0 Å². The van der Waals surface area contributed by atoms with Gasteiger partial charge in [0.05, 0.1) is 12.2 Å². The first kappa shape index (κ1) is 13.4. The monoisotopic (exact) mass is 238 g/mol. The summed E-state index contributed by atoms with van der Waals surface area (Å²) in [6, 6.07) is 3.85. The Bertz CT molecular complexity index is 427. The number of ether oxygens (including phenoxy) is 2. The predicted molar refractivity (Wildman–Crippen MR) is 62.9 cm³/mol. The average Bonchev–Trinajstić information content (AvgIpc) is 2.27. The summed E-state index contributed by atoms with van der Waals surface area (Å²) in [4.78, 5) is 11.3. The van der Waals surface area contributed by atoms with Gasteiger partial charge in [0.25, 0.3) is 0 Å². The molecule has 0 radical (unpaired) electrons. The van der Waals surface area contributed by atoms with Gasteiger partial charge in [-0.2, -0.15) is 0 Å². The van der Waals surface area contributed by atoms with E-state index >= 15 is 0 Å². The normalized spacial score (nSPS) is 10.1. The van der Waals surface area contributed by atoms with E-state index in [2.05, 4.69) is 6.58 Å². The van der Waals surface area contributed by atoms with E-state index in [-0.39, 0.29) is 18.0 Å². The zero-order chi connectivity index (χ0) is 12.8. The number of halogens is 1. The van der Waals surface area contributed by atoms with Crippen molar-refractivity contribution in [2.45, 2.75) is 6.92 Å². The van der Waals surface area contributed by atoms with Crippen molar-refractivity contribution in [2.24, 2.45) is 0 Å². The molecule has 0 amide bonds. The maximum atomic E-state index is 13.0. The fourth-order valence-corrected chi connectivity index (χ4v) is 1.33. The first-order valence-electron chi connectivity index (χ1n) is 5.13. The quantitative estimate of drug-likeness (QED) is 0.564. The van der Waals surface area contributed by atoms with Crippen molar-refractivity contribution < 1.29 is 18.7 Å². The topological polar surface area (TPSA) is 35.5 Å². The molecule has 3 nitrogen and oxygen atoms in total. The summed E-state index contributed by atoms with van der Waals surface area (Å²) >= 11 is 0. The molecular formula is C13H15FO3. The van der Waals surface area contributed by atoms with Crippen molar-refractivity contribution in [3.8, 4) is 5.75 Å². The zero-order valence-corrected chi connectivity index (χ0v) is 9.96. The van der Waals surface area contributed by atoms with Crippen LogP contribution in [0.3, 0.4) is 0 Å². The zero-order valence-electron chi connectivity index (χ0n) is 9.96. The van der Waals surface area contributed by atoms with Crippen molar-refractivity contribution in [3.63, 3.8) is 0 Å². The van der Waals surface area contributed by atoms with Crippen LogP contribution in [-0.2, 0) is 4.74 Å². The Morgan fingerprint density at radius 1 is 1.41 bits per heavy atom. The fraction of sp³-hybridized carbons (Fsp3) is 0.308. The second kappa shape index (κ2) is 6.15. The average molecular weight is 238 g/mol. The first-order chi connectivity index (χ1) is 8.04. The summed E-state index contributed by atoms with van der Waals surface area (Å²) in [5, 5.41) is 0. The Hall–Kier alpha value is -1.68. The molecule has 1 rings (SSSR count). The molecule has 0 aliphatic rings. The molecule has 0 saturated heterocycles. The van der Waals surface area contributed by atoms with E-state index in [9.17, 15) is 9.18 Å². The number of ketones is 1. The molecule has 17 heavy (non-hydrogen) atoms. The van der Waals surface area contributed by atoms with Crippen LogP contribution >= 0.6 is 0 Å². The van der Waals surface area contributed by atoms with Crippen molar-refractivity contribution in [3.05, 3.63) is 41.7 Å². The lowest BCUT2D eigenvalue weighted by atomic mass is 10.1. The Balaban J connectivity index is 2.77. The largest absolute Gasteiger partial charge is 0.488 e. The summed E-state index contributed by atoms with van der Waals surface area (Å²) in [6.45, 7) is 5.73. The van der Waals surface area contributed by atoms with Gasteiger partial charge in [0.1, 0.15) is 18.2 Å². The van der Waals surface area contributed by atoms with E-state index in [1.807, 2.05) is 0 Å². The van der Waals surface area contributed by atoms with Gasteiger partial charge in [-0.25, -0.2) is 4.39 Å². The molecule has 0 aliphatic carbocycles.